The number of para-hydroxylation sites is 1. The summed E-state index contributed by atoms with van der Waals surface area (Å²) in [4.78, 5) is 20.8. The van der Waals surface area contributed by atoms with E-state index in [0.717, 1.165) is 16.1 Å². The number of sulfonamides is 1. The van der Waals surface area contributed by atoms with Gasteiger partial charge in [0.05, 0.1) is 34.4 Å². The topological polar surface area (TPSA) is 97.6 Å². The molecule has 1 fully saturated rings. The quantitative estimate of drug-likeness (QED) is 0.258. The molecule has 1 amide bonds. The lowest BCUT2D eigenvalue weighted by atomic mass is 9.98. The summed E-state index contributed by atoms with van der Waals surface area (Å²) in [5.41, 5.74) is 2.63. The molecule has 0 bridgehead atoms. The van der Waals surface area contributed by atoms with Crippen molar-refractivity contribution >= 4 is 54.2 Å². The minimum atomic E-state index is -3.77. The number of thiazole rings is 1. The van der Waals surface area contributed by atoms with Gasteiger partial charge in [0.2, 0.25) is 15.9 Å². The Labute approximate surface area is 243 Å². The van der Waals surface area contributed by atoms with Crippen molar-refractivity contribution in [1.82, 2.24) is 19.1 Å². The van der Waals surface area contributed by atoms with Crippen LogP contribution in [0.2, 0.25) is 5.02 Å². The highest BCUT2D eigenvalue weighted by atomic mass is 35.5. The zero-order valence-electron chi connectivity index (χ0n) is 22.7. The van der Waals surface area contributed by atoms with Crippen LogP contribution in [-0.4, -0.2) is 59.6 Å². The van der Waals surface area contributed by atoms with Crippen LogP contribution in [0.25, 0.3) is 10.2 Å². The van der Waals surface area contributed by atoms with Crippen LogP contribution in [0.15, 0.2) is 53.4 Å². The van der Waals surface area contributed by atoms with Gasteiger partial charge in [-0.15, -0.1) is 0 Å². The summed E-state index contributed by atoms with van der Waals surface area (Å²) in [5, 5.41) is 5.58. The van der Waals surface area contributed by atoms with E-state index in [4.69, 9.17) is 21.3 Å². The average Bonchev–Trinajstić information content (AvgIpc) is 3.51. The lowest BCUT2D eigenvalue weighted by Crippen LogP contribution is -2.47. The lowest BCUT2D eigenvalue weighted by Gasteiger charge is -2.33. The number of aryl methyl sites for hydroxylation is 2. The molecular weight excluding hydrogens is 570 g/mol. The number of ether oxygens (including phenoxy) is 1. The molecule has 0 aliphatic carbocycles. The first-order valence-corrected chi connectivity index (χ1v) is 15.9. The van der Waals surface area contributed by atoms with Crippen molar-refractivity contribution in [2.75, 3.05) is 31.1 Å². The Balaban J connectivity index is 1.44. The van der Waals surface area contributed by atoms with Crippen LogP contribution in [0, 0.1) is 19.8 Å². The second kappa shape index (κ2) is 11.9. The highest BCUT2D eigenvalue weighted by molar-refractivity contribution is 7.89. The fourth-order valence-electron chi connectivity index (χ4n) is 5.03. The Hall–Kier alpha value is -2.99. The van der Waals surface area contributed by atoms with E-state index < -0.39 is 15.9 Å². The molecule has 9 nitrogen and oxygen atoms in total. The molecule has 0 radical (unpaired) electrons. The maximum Gasteiger partial charge on any atom is 0.243 e. The van der Waals surface area contributed by atoms with Gasteiger partial charge in [-0.1, -0.05) is 29.0 Å². The molecule has 212 valence electrons. The fourth-order valence-corrected chi connectivity index (χ4v) is 7.70. The first-order chi connectivity index (χ1) is 19.2. The van der Waals surface area contributed by atoms with Crippen molar-refractivity contribution in [1.29, 1.82) is 0 Å². The summed E-state index contributed by atoms with van der Waals surface area (Å²) in [6.45, 7) is 7.65. The molecule has 12 heteroatoms. The van der Waals surface area contributed by atoms with Gasteiger partial charge in [0.25, 0.3) is 0 Å². The molecule has 2 aromatic heterocycles. The summed E-state index contributed by atoms with van der Waals surface area (Å²) in [7, 11) is -3.77. The molecular formula is C28H32ClN5O4S2. The van der Waals surface area contributed by atoms with Crippen molar-refractivity contribution in [3.63, 3.8) is 0 Å². The van der Waals surface area contributed by atoms with Crippen molar-refractivity contribution in [2.24, 2.45) is 5.92 Å². The first kappa shape index (κ1) is 28.5. The predicted octanol–water partition coefficient (Wildman–Crippen LogP) is 5.30. The van der Waals surface area contributed by atoms with Crippen molar-refractivity contribution in [3.05, 3.63) is 64.9 Å². The normalized spacial score (nSPS) is 16.4. The highest BCUT2D eigenvalue weighted by Crippen LogP contribution is 2.36. The number of fused-ring (bicyclic) bond motifs is 1. The van der Waals surface area contributed by atoms with Crippen LogP contribution in [0.5, 0.6) is 5.75 Å². The van der Waals surface area contributed by atoms with Gasteiger partial charge in [-0.25, -0.2) is 13.4 Å². The average molecular weight is 602 g/mol. The molecule has 4 aromatic rings. The van der Waals surface area contributed by atoms with E-state index in [-0.39, 0.29) is 17.3 Å². The molecule has 1 saturated heterocycles. The van der Waals surface area contributed by atoms with Gasteiger partial charge < -0.3 is 4.74 Å². The lowest BCUT2D eigenvalue weighted by molar-refractivity contribution is -0.123. The number of hydrogen-bond acceptors (Lipinski definition) is 7. The number of piperidine rings is 1. The molecule has 0 N–H and O–H groups in total. The maximum absolute atomic E-state index is 14.1. The Kier molecular flexibility index (Phi) is 8.46. The zero-order chi connectivity index (χ0) is 28.4. The summed E-state index contributed by atoms with van der Waals surface area (Å²) in [6.07, 6.45) is 1.18. The fraction of sp³-hybridized carbons (Fsp3) is 0.393. The van der Waals surface area contributed by atoms with Gasteiger partial charge >= 0.3 is 0 Å². The van der Waals surface area contributed by atoms with Crippen molar-refractivity contribution < 1.29 is 17.9 Å². The highest BCUT2D eigenvalue weighted by Gasteiger charge is 2.36. The molecule has 1 aliphatic heterocycles. The second-order valence-electron chi connectivity index (χ2n) is 9.83. The third-order valence-electron chi connectivity index (χ3n) is 6.99. The first-order valence-electron chi connectivity index (χ1n) is 13.3. The number of aromatic nitrogens is 3. The van der Waals surface area contributed by atoms with E-state index in [2.05, 4.69) is 5.10 Å². The number of halogens is 1. The van der Waals surface area contributed by atoms with E-state index >= 15 is 0 Å². The molecule has 0 saturated carbocycles. The van der Waals surface area contributed by atoms with Crippen LogP contribution in [0.4, 0.5) is 5.13 Å². The van der Waals surface area contributed by atoms with E-state index in [9.17, 15) is 13.2 Å². The molecule has 1 unspecified atom stereocenters. The Morgan fingerprint density at radius 2 is 1.98 bits per heavy atom. The third-order valence-corrected chi connectivity index (χ3v) is 10.2. The van der Waals surface area contributed by atoms with Crippen LogP contribution in [0.3, 0.4) is 0 Å². The Bertz CT molecular complexity index is 1620. The Morgan fingerprint density at radius 1 is 1.20 bits per heavy atom. The van der Waals surface area contributed by atoms with Gasteiger partial charge in [-0.2, -0.15) is 9.40 Å². The molecule has 40 heavy (non-hydrogen) atoms. The van der Waals surface area contributed by atoms with Gasteiger partial charge in [0, 0.05) is 30.4 Å². The monoisotopic (exact) mass is 601 g/mol. The SMILES string of the molecule is CCOc1cccc2sc(N(CCn3nc(C)cc3C)C(=O)C3CCCN(S(=O)(=O)c4ccc(Cl)cc4)C3)nc12. The van der Waals surface area contributed by atoms with E-state index in [1.807, 2.05) is 49.7 Å². The number of benzene rings is 2. The van der Waals surface area contributed by atoms with Gasteiger partial charge in [0.15, 0.2) is 5.13 Å². The minimum absolute atomic E-state index is 0.106. The predicted molar refractivity (Wildman–Crippen MR) is 158 cm³/mol. The molecule has 0 spiro atoms. The van der Waals surface area contributed by atoms with Crippen LogP contribution < -0.4 is 9.64 Å². The zero-order valence-corrected chi connectivity index (χ0v) is 25.1. The van der Waals surface area contributed by atoms with Crippen LogP contribution in [0.1, 0.15) is 31.2 Å². The number of carbonyl (C=O) groups is 1. The smallest absolute Gasteiger partial charge is 0.243 e. The van der Waals surface area contributed by atoms with Crippen LogP contribution in [-0.2, 0) is 21.4 Å². The minimum Gasteiger partial charge on any atom is -0.492 e. The largest absolute Gasteiger partial charge is 0.492 e. The summed E-state index contributed by atoms with van der Waals surface area (Å²) in [5.74, 6) is 0.0237. The third kappa shape index (κ3) is 5.88. The number of nitrogens with zero attached hydrogens (tertiary/aromatic N) is 5. The molecule has 3 heterocycles. The number of amides is 1. The standard InChI is InChI=1S/C28H32ClN5O4S2/c1-4-38-24-8-5-9-25-26(24)30-28(39-25)33(15-16-34-20(3)17-19(2)31-34)27(35)21-7-6-14-32(18-21)40(36,37)23-12-10-22(29)11-13-23/h5,8-13,17,21H,4,6-7,14-16,18H2,1-3H3. The van der Waals surface area contributed by atoms with Gasteiger partial charge in [0.1, 0.15) is 11.3 Å². The van der Waals surface area contributed by atoms with Gasteiger partial charge in [-0.3, -0.25) is 14.4 Å². The number of carbonyl (C=O) groups excluding carboxylic acids is 1. The number of rotatable bonds is 9. The van der Waals surface area contributed by atoms with Crippen LogP contribution >= 0.6 is 22.9 Å². The summed E-state index contributed by atoms with van der Waals surface area (Å²) >= 11 is 7.40. The van der Waals surface area contributed by atoms with Crippen molar-refractivity contribution in [3.8, 4) is 5.75 Å². The van der Waals surface area contributed by atoms with E-state index in [0.29, 0.717) is 60.5 Å². The van der Waals surface area contributed by atoms with E-state index in [1.165, 1.54) is 27.8 Å². The summed E-state index contributed by atoms with van der Waals surface area (Å²) in [6, 6.07) is 13.9. The molecule has 1 aliphatic rings. The van der Waals surface area contributed by atoms with Crippen molar-refractivity contribution in [2.45, 2.75) is 45.1 Å². The Morgan fingerprint density at radius 3 is 2.67 bits per heavy atom. The number of hydrogen-bond donors (Lipinski definition) is 0. The van der Waals surface area contributed by atoms with E-state index in [1.54, 1.807) is 17.0 Å². The second-order valence-corrected chi connectivity index (χ2v) is 13.2. The molecule has 5 rings (SSSR count). The maximum atomic E-state index is 14.1. The van der Waals surface area contributed by atoms with Gasteiger partial charge in [-0.05, 0) is 76.1 Å². The molecule has 2 aromatic carbocycles. The molecule has 1 atom stereocenters. The summed E-state index contributed by atoms with van der Waals surface area (Å²) < 4.78 is 36.8. The number of anilines is 1.